The Morgan fingerprint density at radius 3 is 2.56 bits per heavy atom. The van der Waals surface area contributed by atoms with Crippen LogP contribution in [0.1, 0.15) is 51.9 Å². The number of rotatable bonds is 6. The third-order valence-corrected chi connectivity index (χ3v) is 6.42. The Labute approximate surface area is 206 Å². The van der Waals surface area contributed by atoms with Crippen LogP contribution < -0.4 is 15.1 Å². The Kier molecular flexibility index (Phi) is 6.06. The summed E-state index contributed by atoms with van der Waals surface area (Å²) in [6.07, 6.45) is 0.638. The number of ketones is 1. The molecule has 0 unspecified atom stereocenters. The number of ether oxygens (including phenoxy) is 2. The molecular formula is C29H24O7. The van der Waals surface area contributed by atoms with Crippen LogP contribution in [-0.4, -0.2) is 23.5 Å². The van der Waals surface area contributed by atoms with E-state index in [4.69, 9.17) is 13.9 Å². The average Bonchev–Trinajstić information content (AvgIpc) is 2.84. The Hall–Kier alpha value is -4.39. The van der Waals surface area contributed by atoms with Gasteiger partial charge in [-0.3, -0.25) is 9.59 Å². The third-order valence-electron chi connectivity index (χ3n) is 6.42. The van der Waals surface area contributed by atoms with E-state index in [0.29, 0.717) is 35.5 Å². The lowest BCUT2D eigenvalue weighted by Gasteiger charge is -2.28. The second-order valence-corrected chi connectivity index (χ2v) is 8.83. The number of benzene rings is 3. The van der Waals surface area contributed by atoms with Crippen LogP contribution in [0.25, 0.3) is 11.0 Å². The summed E-state index contributed by atoms with van der Waals surface area (Å²) in [5, 5.41) is 11.2. The standard InChI is InChI=1S/C29H24O7/c1-16-14-22(31)35-28-24(16)27(33)25(17(2)30)29-26(28)20(15-23(32)36-29)19-10-6-7-11-21(19)34-13-12-18-8-4-3-5-9-18/h3-11,14,20,33H,12-13,15H2,1-2H3/t20-/m0/s1. The molecule has 4 aromatic rings. The van der Waals surface area contributed by atoms with Crippen molar-refractivity contribution < 1.29 is 28.6 Å². The molecule has 182 valence electrons. The Morgan fingerprint density at radius 2 is 1.81 bits per heavy atom. The number of phenolic OH excluding ortho intramolecular Hbond substituents is 1. The smallest absolute Gasteiger partial charge is 0.336 e. The number of para-hydroxylation sites is 1. The number of carbonyl (C=O) groups is 2. The van der Waals surface area contributed by atoms with E-state index in [2.05, 4.69) is 0 Å². The summed E-state index contributed by atoms with van der Waals surface area (Å²) in [6, 6.07) is 18.5. The fourth-order valence-corrected chi connectivity index (χ4v) is 4.83. The van der Waals surface area contributed by atoms with Gasteiger partial charge in [-0.1, -0.05) is 48.5 Å². The van der Waals surface area contributed by atoms with E-state index in [-0.39, 0.29) is 34.5 Å². The molecule has 0 saturated heterocycles. The monoisotopic (exact) mass is 484 g/mol. The van der Waals surface area contributed by atoms with Crippen LogP contribution in [0.15, 0.2) is 69.9 Å². The van der Waals surface area contributed by atoms with Gasteiger partial charge in [0, 0.05) is 29.5 Å². The van der Waals surface area contributed by atoms with Crippen molar-refractivity contribution in [3.63, 3.8) is 0 Å². The van der Waals surface area contributed by atoms with Crippen LogP contribution >= 0.6 is 0 Å². The zero-order chi connectivity index (χ0) is 25.4. The van der Waals surface area contributed by atoms with Gasteiger partial charge in [-0.2, -0.15) is 0 Å². The third kappa shape index (κ3) is 4.13. The van der Waals surface area contributed by atoms with E-state index >= 15 is 0 Å². The summed E-state index contributed by atoms with van der Waals surface area (Å²) in [4.78, 5) is 37.6. The fraction of sp³-hybridized carbons (Fsp3) is 0.207. The largest absolute Gasteiger partial charge is 0.506 e. The zero-order valence-electron chi connectivity index (χ0n) is 19.9. The molecular weight excluding hydrogens is 460 g/mol. The molecule has 1 aliphatic heterocycles. The van der Waals surface area contributed by atoms with Crippen LogP contribution in [0.4, 0.5) is 0 Å². The molecule has 0 spiro atoms. The topological polar surface area (TPSA) is 103 Å². The predicted octanol–water partition coefficient (Wildman–Crippen LogP) is 5.07. The van der Waals surface area contributed by atoms with E-state index in [9.17, 15) is 19.5 Å². The van der Waals surface area contributed by atoms with Gasteiger partial charge in [0.1, 0.15) is 22.6 Å². The Balaban J connectivity index is 1.67. The van der Waals surface area contributed by atoms with E-state index in [1.807, 2.05) is 54.6 Å². The minimum Gasteiger partial charge on any atom is -0.506 e. The lowest BCUT2D eigenvalue weighted by atomic mass is 9.82. The zero-order valence-corrected chi connectivity index (χ0v) is 19.9. The van der Waals surface area contributed by atoms with Gasteiger partial charge < -0.3 is 19.0 Å². The molecule has 1 N–H and O–H groups in total. The first-order chi connectivity index (χ1) is 17.3. The molecule has 2 heterocycles. The molecule has 1 aromatic heterocycles. The van der Waals surface area contributed by atoms with Crippen molar-refractivity contribution >= 4 is 22.7 Å². The molecule has 1 atom stereocenters. The van der Waals surface area contributed by atoms with Gasteiger partial charge in [0.05, 0.1) is 18.4 Å². The van der Waals surface area contributed by atoms with Crippen LogP contribution in [-0.2, 0) is 11.2 Å². The maximum atomic E-state index is 12.7. The van der Waals surface area contributed by atoms with E-state index in [0.717, 1.165) is 5.56 Å². The van der Waals surface area contributed by atoms with Crippen LogP contribution in [0, 0.1) is 6.92 Å². The van der Waals surface area contributed by atoms with E-state index in [1.165, 1.54) is 13.0 Å². The van der Waals surface area contributed by atoms with Gasteiger partial charge in [0.15, 0.2) is 11.5 Å². The minimum atomic E-state index is -0.625. The number of Topliss-reactive ketones (excluding diaryl/α,β-unsaturated/α-hetero) is 1. The first-order valence-electron chi connectivity index (χ1n) is 11.7. The van der Waals surface area contributed by atoms with Crippen molar-refractivity contribution in [3.05, 3.63) is 98.9 Å². The summed E-state index contributed by atoms with van der Waals surface area (Å²) in [6.45, 7) is 3.35. The lowest BCUT2D eigenvalue weighted by Crippen LogP contribution is -2.24. The van der Waals surface area contributed by atoms with Crippen molar-refractivity contribution in [2.75, 3.05) is 6.61 Å². The first kappa shape index (κ1) is 23.4. The molecule has 7 nitrogen and oxygen atoms in total. The van der Waals surface area contributed by atoms with Crippen LogP contribution in [0.2, 0.25) is 0 Å². The summed E-state index contributed by atoms with van der Waals surface area (Å²) in [7, 11) is 0. The number of aromatic hydroxyl groups is 1. The lowest BCUT2D eigenvalue weighted by molar-refractivity contribution is -0.135. The fourth-order valence-electron chi connectivity index (χ4n) is 4.83. The Morgan fingerprint density at radius 1 is 1.08 bits per heavy atom. The maximum absolute atomic E-state index is 12.7. The average molecular weight is 485 g/mol. The number of hydrogen-bond acceptors (Lipinski definition) is 7. The highest BCUT2D eigenvalue weighted by Crippen LogP contribution is 2.50. The highest BCUT2D eigenvalue weighted by molar-refractivity contribution is 6.09. The number of aryl methyl sites for hydroxylation is 1. The highest BCUT2D eigenvalue weighted by Gasteiger charge is 2.38. The molecule has 36 heavy (non-hydrogen) atoms. The number of carbonyl (C=O) groups excluding carboxylic acids is 2. The Bertz CT molecular complexity index is 1550. The molecule has 1 aliphatic rings. The van der Waals surface area contributed by atoms with Crippen LogP contribution in [0.5, 0.6) is 17.2 Å². The first-order valence-corrected chi connectivity index (χ1v) is 11.7. The van der Waals surface area contributed by atoms with Crippen molar-refractivity contribution in [2.45, 2.75) is 32.6 Å². The second-order valence-electron chi connectivity index (χ2n) is 8.83. The second kappa shape index (κ2) is 9.34. The maximum Gasteiger partial charge on any atom is 0.336 e. The van der Waals surface area contributed by atoms with Gasteiger partial charge in [-0.05, 0) is 31.0 Å². The molecule has 5 rings (SSSR count). The predicted molar refractivity (Wildman–Crippen MR) is 133 cm³/mol. The number of fused-ring (bicyclic) bond motifs is 3. The van der Waals surface area contributed by atoms with Gasteiger partial charge in [-0.15, -0.1) is 0 Å². The number of hydrogen-bond donors (Lipinski definition) is 1. The highest BCUT2D eigenvalue weighted by atomic mass is 16.5. The van der Waals surface area contributed by atoms with Crippen molar-refractivity contribution in [2.24, 2.45) is 0 Å². The van der Waals surface area contributed by atoms with Crippen LogP contribution in [0.3, 0.4) is 0 Å². The summed E-state index contributed by atoms with van der Waals surface area (Å²) >= 11 is 0. The quantitative estimate of drug-likeness (QED) is 0.176. The van der Waals surface area contributed by atoms with Crippen molar-refractivity contribution in [3.8, 4) is 17.2 Å². The van der Waals surface area contributed by atoms with E-state index in [1.54, 1.807) is 6.92 Å². The summed E-state index contributed by atoms with van der Waals surface area (Å²) in [5.74, 6) is -1.56. The van der Waals surface area contributed by atoms with Gasteiger partial charge >= 0.3 is 11.6 Å². The van der Waals surface area contributed by atoms with Gasteiger partial charge in [0.25, 0.3) is 0 Å². The number of phenols is 1. The van der Waals surface area contributed by atoms with Gasteiger partial charge in [0.2, 0.25) is 0 Å². The van der Waals surface area contributed by atoms with Crippen molar-refractivity contribution in [1.82, 2.24) is 0 Å². The SMILES string of the molecule is CC(=O)c1c2c(c3oc(=O)cc(C)c3c1O)[C@H](c1ccccc1OCCc1ccccc1)CC(=O)O2. The molecule has 0 fully saturated rings. The molecule has 0 bridgehead atoms. The van der Waals surface area contributed by atoms with E-state index < -0.39 is 23.3 Å². The summed E-state index contributed by atoms with van der Waals surface area (Å²) < 4.78 is 17.2. The molecule has 0 aliphatic carbocycles. The van der Waals surface area contributed by atoms with Crippen molar-refractivity contribution in [1.29, 1.82) is 0 Å². The molecule has 7 heteroatoms. The number of esters is 1. The van der Waals surface area contributed by atoms with Gasteiger partial charge in [-0.25, -0.2) is 4.79 Å². The molecule has 0 saturated carbocycles. The molecule has 0 amide bonds. The molecule has 3 aromatic carbocycles. The molecule has 0 radical (unpaired) electrons. The normalized spacial score (nSPS) is 14.8. The minimum absolute atomic E-state index is 0.0546. The summed E-state index contributed by atoms with van der Waals surface area (Å²) in [5.41, 5.74) is 2.00.